The smallest absolute Gasteiger partial charge is 0.269 e. The van der Waals surface area contributed by atoms with E-state index in [1.165, 1.54) is 17.0 Å². The number of nitro benzene ring substituents is 1. The zero-order valence-corrected chi connectivity index (χ0v) is 13.1. The molecule has 1 aliphatic rings. The van der Waals surface area contributed by atoms with E-state index in [-0.39, 0.29) is 30.5 Å². The van der Waals surface area contributed by atoms with E-state index in [4.69, 9.17) is 0 Å². The van der Waals surface area contributed by atoms with Crippen molar-refractivity contribution in [1.82, 2.24) is 14.7 Å². The molecule has 8 heteroatoms. The Morgan fingerprint density at radius 2 is 2.12 bits per heavy atom. The van der Waals surface area contributed by atoms with Crippen molar-refractivity contribution in [3.05, 3.63) is 57.9 Å². The van der Waals surface area contributed by atoms with Crippen molar-refractivity contribution in [3.63, 3.8) is 0 Å². The second kappa shape index (κ2) is 6.23. The van der Waals surface area contributed by atoms with Gasteiger partial charge in [-0.2, -0.15) is 5.10 Å². The average molecular weight is 328 g/mol. The maximum Gasteiger partial charge on any atom is 0.269 e. The highest BCUT2D eigenvalue weighted by Gasteiger charge is 2.38. The highest BCUT2D eigenvalue weighted by molar-refractivity contribution is 6.03. The fourth-order valence-corrected chi connectivity index (χ4v) is 2.89. The number of benzene rings is 1. The number of non-ortho nitro benzene ring substituents is 1. The zero-order valence-electron chi connectivity index (χ0n) is 13.1. The second-order valence-corrected chi connectivity index (χ2v) is 5.87. The number of aryl methyl sites for hydroxylation is 1. The number of hydrogen-bond donors (Lipinski definition) is 0. The molecule has 2 heterocycles. The first-order valence-corrected chi connectivity index (χ1v) is 7.49. The first-order valence-electron chi connectivity index (χ1n) is 7.49. The highest BCUT2D eigenvalue weighted by Crippen LogP contribution is 2.26. The van der Waals surface area contributed by atoms with Gasteiger partial charge in [0.15, 0.2) is 0 Å². The van der Waals surface area contributed by atoms with E-state index >= 15 is 0 Å². The van der Waals surface area contributed by atoms with Gasteiger partial charge in [-0.3, -0.25) is 29.3 Å². The minimum atomic E-state index is -0.498. The van der Waals surface area contributed by atoms with Crippen LogP contribution in [0.2, 0.25) is 0 Å². The number of carbonyl (C=O) groups is 2. The summed E-state index contributed by atoms with van der Waals surface area (Å²) in [6, 6.07) is 5.98. The fraction of sp³-hybridized carbons (Fsp3) is 0.312. The van der Waals surface area contributed by atoms with E-state index in [0.717, 1.165) is 5.56 Å². The molecule has 1 atom stereocenters. The summed E-state index contributed by atoms with van der Waals surface area (Å²) in [6.07, 6.45) is 4.12. The van der Waals surface area contributed by atoms with E-state index < -0.39 is 10.8 Å². The number of rotatable bonds is 5. The number of imide groups is 1. The Hall–Kier alpha value is -3.03. The van der Waals surface area contributed by atoms with Gasteiger partial charge >= 0.3 is 0 Å². The minimum absolute atomic E-state index is 0.0569. The van der Waals surface area contributed by atoms with Crippen molar-refractivity contribution in [2.45, 2.75) is 19.4 Å². The van der Waals surface area contributed by atoms with Crippen LogP contribution in [-0.4, -0.2) is 31.4 Å². The summed E-state index contributed by atoms with van der Waals surface area (Å²) in [4.78, 5) is 36.2. The van der Waals surface area contributed by atoms with Gasteiger partial charge in [0.05, 0.1) is 23.6 Å². The number of likely N-dealkylation sites (tertiary alicyclic amines) is 1. The third-order valence-electron chi connectivity index (χ3n) is 4.04. The molecule has 0 aliphatic carbocycles. The fourth-order valence-electron chi connectivity index (χ4n) is 2.89. The molecule has 2 aromatic rings. The SMILES string of the molecule is Cn1cc(CC2CC(=O)N(Cc3cccc([N+](=O)[O-])c3)C2=O)cn1. The van der Waals surface area contributed by atoms with Gasteiger partial charge < -0.3 is 0 Å². The van der Waals surface area contributed by atoms with Gasteiger partial charge in [0, 0.05) is 31.8 Å². The molecule has 1 fully saturated rings. The standard InChI is InChI=1S/C16H16N4O4/c1-18-9-12(8-17-18)5-13-7-15(21)19(16(13)22)10-11-3-2-4-14(6-11)20(23)24/h2-4,6,8-9,13H,5,7,10H2,1H3. The van der Waals surface area contributed by atoms with E-state index in [1.54, 1.807) is 30.1 Å². The van der Waals surface area contributed by atoms with Crippen LogP contribution in [0.4, 0.5) is 5.69 Å². The summed E-state index contributed by atoms with van der Waals surface area (Å²) >= 11 is 0. The predicted molar refractivity (Wildman–Crippen MR) is 83.7 cm³/mol. The van der Waals surface area contributed by atoms with Gasteiger partial charge in [0.1, 0.15) is 0 Å². The topological polar surface area (TPSA) is 98.3 Å². The van der Waals surface area contributed by atoms with Crippen molar-refractivity contribution in [3.8, 4) is 0 Å². The molecule has 1 unspecified atom stereocenters. The normalized spacial score (nSPS) is 17.5. The summed E-state index contributed by atoms with van der Waals surface area (Å²) in [5.74, 6) is -0.892. The highest BCUT2D eigenvalue weighted by atomic mass is 16.6. The Kier molecular flexibility index (Phi) is 4.11. The van der Waals surface area contributed by atoms with Gasteiger partial charge in [-0.25, -0.2) is 0 Å². The van der Waals surface area contributed by atoms with Crippen LogP contribution in [0, 0.1) is 16.0 Å². The van der Waals surface area contributed by atoms with Crippen LogP contribution in [0.5, 0.6) is 0 Å². The lowest BCUT2D eigenvalue weighted by atomic mass is 10.0. The van der Waals surface area contributed by atoms with Gasteiger partial charge in [-0.05, 0) is 17.5 Å². The molecule has 24 heavy (non-hydrogen) atoms. The molecule has 8 nitrogen and oxygen atoms in total. The van der Waals surface area contributed by atoms with Crippen LogP contribution in [0.1, 0.15) is 17.5 Å². The molecule has 1 aromatic heterocycles. The molecular weight excluding hydrogens is 312 g/mol. The van der Waals surface area contributed by atoms with Gasteiger partial charge in [-0.15, -0.1) is 0 Å². The van der Waals surface area contributed by atoms with Gasteiger partial charge in [-0.1, -0.05) is 12.1 Å². The maximum absolute atomic E-state index is 12.5. The summed E-state index contributed by atoms with van der Waals surface area (Å²) in [5, 5.41) is 14.9. The number of aromatic nitrogens is 2. The van der Waals surface area contributed by atoms with E-state index in [2.05, 4.69) is 5.10 Å². The van der Waals surface area contributed by atoms with Gasteiger partial charge in [0.2, 0.25) is 11.8 Å². The van der Waals surface area contributed by atoms with E-state index in [1.807, 2.05) is 6.20 Å². The Bertz CT molecular complexity index is 814. The molecule has 1 aromatic carbocycles. The average Bonchev–Trinajstić information content (AvgIpc) is 3.06. The van der Waals surface area contributed by atoms with Crippen molar-refractivity contribution in [2.75, 3.05) is 0 Å². The van der Waals surface area contributed by atoms with Crippen LogP contribution >= 0.6 is 0 Å². The number of nitrogens with zero attached hydrogens (tertiary/aromatic N) is 4. The number of nitro groups is 1. The van der Waals surface area contributed by atoms with Crippen molar-refractivity contribution in [1.29, 1.82) is 0 Å². The molecular formula is C16H16N4O4. The lowest BCUT2D eigenvalue weighted by molar-refractivity contribution is -0.384. The summed E-state index contributed by atoms with van der Waals surface area (Å²) in [7, 11) is 1.79. The minimum Gasteiger partial charge on any atom is -0.278 e. The molecule has 0 spiro atoms. The Morgan fingerprint density at radius 3 is 2.79 bits per heavy atom. The first kappa shape index (κ1) is 15.9. The Morgan fingerprint density at radius 1 is 1.33 bits per heavy atom. The lowest BCUT2D eigenvalue weighted by Crippen LogP contribution is -2.30. The van der Waals surface area contributed by atoms with E-state index in [9.17, 15) is 19.7 Å². The van der Waals surface area contributed by atoms with Crippen LogP contribution < -0.4 is 0 Å². The maximum atomic E-state index is 12.5. The molecule has 0 radical (unpaired) electrons. The van der Waals surface area contributed by atoms with Crippen molar-refractivity contribution >= 4 is 17.5 Å². The molecule has 0 N–H and O–H groups in total. The summed E-state index contributed by atoms with van der Waals surface area (Å²) in [5.41, 5.74) is 1.41. The molecule has 1 saturated heterocycles. The number of amides is 2. The quantitative estimate of drug-likeness (QED) is 0.470. The lowest BCUT2D eigenvalue weighted by Gasteiger charge is -2.14. The third kappa shape index (κ3) is 3.17. The second-order valence-electron chi connectivity index (χ2n) is 5.87. The molecule has 0 saturated carbocycles. The number of hydrogen-bond acceptors (Lipinski definition) is 5. The molecule has 0 bridgehead atoms. The summed E-state index contributed by atoms with van der Waals surface area (Å²) < 4.78 is 1.65. The molecule has 1 aliphatic heterocycles. The van der Waals surface area contributed by atoms with Crippen LogP contribution in [0.15, 0.2) is 36.7 Å². The van der Waals surface area contributed by atoms with Crippen LogP contribution in [0.3, 0.4) is 0 Å². The van der Waals surface area contributed by atoms with Crippen molar-refractivity contribution < 1.29 is 14.5 Å². The molecule has 3 rings (SSSR count). The predicted octanol–water partition coefficient (Wildman–Crippen LogP) is 1.45. The largest absolute Gasteiger partial charge is 0.278 e. The van der Waals surface area contributed by atoms with Crippen LogP contribution in [-0.2, 0) is 29.6 Å². The summed E-state index contributed by atoms with van der Waals surface area (Å²) in [6.45, 7) is 0.0584. The molecule has 124 valence electrons. The van der Waals surface area contributed by atoms with Crippen LogP contribution in [0.25, 0.3) is 0 Å². The first-order chi connectivity index (χ1) is 11.4. The number of carbonyl (C=O) groups excluding carboxylic acids is 2. The van der Waals surface area contributed by atoms with Gasteiger partial charge in [0.25, 0.3) is 5.69 Å². The Labute approximate surface area is 137 Å². The molecule has 2 amide bonds. The monoisotopic (exact) mass is 328 g/mol. The zero-order chi connectivity index (χ0) is 17.3. The third-order valence-corrected chi connectivity index (χ3v) is 4.04. The van der Waals surface area contributed by atoms with E-state index in [0.29, 0.717) is 12.0 Å². The van der Waals surface area contributed by atoms with Crippen molar-refractivity contribution in [2.24, 2.45) is 13.0 Å². The Balaban J connectivity index is 1.72.